The van der Waals surface area contributed by atoms with Crippen LogP contribution < -0.4 is 15.5 Å². The highest BCUT2D eigenvalue weighted by molar-refractivity contribution is 7.89. The van der Waals surface area contributed by atoms with Crippen molar-refractivity contribution in [3.8, 4) is 0 Å². The number of hydrogen-bond acceptors (Lipinski definition) is 5. The topological polar surface area (TPSA) is 81.8 Å². The van der Waals surface area contributed by atoms with Crippen LogP contribution in [0, 0.1) is 6.92 Å². The molecule has 1 aliphatic heterocycles. The number of para-hydroxylation sites is 1. The quantitative estimate of drug-likeness (QED) is 0.638. The average Bonchev–Trinajstić information content (AvgIpc) is 2.74. The van der Waals surface area contributed by atoms with E-state index in [1.54, 1.807) is 43.3 Å². The van der Waals surface area contributed by atoms with Crippen LogP contribution in [0.2, 0.25) is 5.02 Å². The van der Waals surface area contributed by atoms with Crippen LogP contribution in [0.5, 0.6) is 0 Å². The number of nitrogens with one attached hydrogen (secondary N) is 2. The van der Waals surface area contributed by atoms with Gasteiger partial charge in [-0.1, -0.05) is 42.3 Å². The number of amides is 1. The van der Waals surface area contributed by atoms with E-state index >= 15 is 0 Å². The third kappa shape index (κ3) is 5.54. The first kappa shape index (κ1) is 23.5. The van der Waals surface area contributed by atoms with E-state index < -0.39 is 10.0 Å². The van der Waals surface area contributed by atoms with E-state index in [9.17, 15) is 13.2 Å². The number of rotatable bonds is 5. The zero-order valence-electron chi connectivity index (χ0n) is 17.4. The van der Waals surface area contributed by atoms with Crippen LogP contribution in [0.15, 0.2) is 47.4 Å². The zero-order valence-corrected chi connectivity index (χ0v) is 19.8. The normalized spacial score (nSPS) is 14.9. The van der Waals surface area contributed by atoms with Crippen molar-refractivity contribution in [3.63, 3.8) is 0 Å². The fraction of sp³-hybridized carbons (Fsp3) is 0.333. The molecule has 7 nitrogen and oxygen atoms in total. The molecule has 2 aromatic rings. The molecule has 0 bridgehead atoms. The largest absolute Gasteiger partial charge is 0.366 e. The molecule has 1 saturated heterocycles. The molecular weight excluding hydrogens is 456 g/mol. The van der Waals surface area contributed by atoms with Crippen molar-refractivity contribution in [2.24, 2.45) is 0 Å². The van der Waals surface area contributed by atoms with Crippen LogP contribution in [-0.4, -0.2) is 49.9 Å². The number of thiocarbonyl (C=S) groups is 1. The lowest BCUT2D eigenvalue weighted by atomic mass is 10.2. The Kier molecular flexibility index (Phi) is 7.53. The minimum atomic E-state index is -3.55. The van der Waals surface area contributed by atoms with Crippen molar-refractivity contribution in [3.05, 3.63) is 53.1 Å². The fourth-order valence-electron chi connectivity index (χ4n) is 3.32. The number of carbonyl (C=O) groups is 1. The summed E-state index contributed by atoms with van der Waals surface area (Å²) in [6, 6.07) is 12.2. The molecule has 0 radical (unpaired) electrons. The van der Waals surface area contributed by atoms with Gasteiger partial charge in [0.2, 0.25) is 15.9 Å². The molecule has 1 heterocycles. The minimum absolute atomic E-state index is 0.184. The first-order valence-corrected chi connectivity index (χ1v) is 12.2. The number of carbonyl (C=O) groups excluding carboxylic acids is 1. The maximum absolute atomic E-state index is 13.0. The highest BCUT2D eigenvalue weighted by Crippen LogP contribution is 2.35. The molecule has 0 saturated carbocycles. The Morgan fingerprint density at radius 1 is 1.10 bits per heavy atom. The maximum atomic E-state index is 13.0. The van der Waals surface area contributed by atoms with Gasteiger partial charge in [-0.15, -0.1) is 0 Å². The summed E-state index contributed by atoms with van der Waals surface area (Å²) in [5.41, 5.74) is 2.39. The first-order valence-electron chi connectivity index (χ1n) is 9.93. The van der Waals surface area contributed by atoms with Crippen molar-refractivity contribution in [2.75, 3.05) is 36.4 Å². The summed E-state index contributed by atoms with van der Waals surface area (Å²) in [5.74, 6) is -0.184. The highest BCUT2D eigenvalue weighted by atomic mass is 35.5. The lowest BCUT2D eigenvalue weighted by Crippen LogP contribution is -2.49. The third-order valence-corrected chi connectivity index (χ3v) is 7.44. The van der Waals surface area contributed by atoms with E-state index in [0.29, 0.717) is 48.2 Å². The monoisotopic (exact) mass is 480 g/mol. The van der Waals surface area contributed by atoms with Crippen LogP contribution in [0.25, 0.3) is 0 Å². The number of hydrogen-bond donors (Lipinski definition) is 2. The zero-order chi connectivity index (χ0) is 22.6. The second-order valence-corrected chi connectivity index (χ2v) is 9.95. The lowest BCUT2D eigenvalue weighted by molar-refractivity contribution is -0.119. The molecule has 0 unspecified atom stereocenters. The number of piperazine rings is 1. The molecule has 1 amide bonds. The fourth-order valence-corrected chi connectivity index (χ4v) is 5.26. The van der Waals surface area contributed by atoms with Gasteiger partial charge in [-0.05, 0) is 43.4 Å². The van der Waals surface area contributed by atoms with E-state index in [1.807, 2.05) is 17.9 Å². The summed E-state index contributed by atoms with van der Waals surface area (Å²) in [7, 11) is -3.55. The summed E-state index contributed by atoms with van der Waals surface area (Å²) in [6.07, 6.45) is 0.321. The summed E-state index contributed by atoms with van der Waals surface area (Å²) >= 11 is 11.7. The van der Waals surface area contributed by atoms with Crippen molar-refractivity contribution < 1.29 is 13.2 Å². The number of anilines is 2. The van der Waals surface area contributed by atoms with Gasteiger partial charge in [0.1, 0.15) is 0 Å². The Balaban J connectivity index is 1.74. The van der Waals surface area contributed by atoms with E-state index in [4.69, 9.17) is 23.8 Å². The Hall–Kier alpha value is -2.20. The molecule has 1 aliphatic rings. The van der Waals surface area contributed by atoms with Crippen LogP contribution in [0.3, 0.4) is 0 Å². The van der Waals surface area contributed by atoms with Gasteiger partial charge in [-0.25, -0.2) is 8.42 Å². The molecule has 1 fully saturated rings. The molecule has 2 N–H and O–H groups in total. The van der Waals surface area contributed by atoms with Gasteiger partial charge in [-0.3, -0.25) is 4.79 Å². The van der Waals surface area contributed by atoms with E-state index in [1.165, 1.54) is 4.31 Å². The van der Waals surface area contributed by atoms with Gasteiger partial charge >= 0.3 is 0 Å². The van der Waals surface area contributed by atoms with Gasteiger partial charge in [0.25, 0.3) is 0 Å². The standard InChI is InChI=1S/C21H25ClN4O3S2/c1-3-19(27)24-21(30)23-18-6-4-5-17(22)20(18)25-11-13-26(14-12-25)31(28,29)16-9-7-15(2)8-10-16/h4-10H,3,11-14H2,1-2H3,(H2,23,24,27,30). The number of aryl methyl sites for hydroxylation is 1. The number of halogens is 1. The minimum Gasteiger partial charge on any atom is -0.366 e. The molecule has 2 aromatic carbocycles. The van der Waals surface area contributed by atoms with Crippen LogP contribution in [-0.2, 0) is 14.8 Å². The van der Waals surface area contributed by atoms with Gasteiger partial charge in [0, 0.05) is 32.6 Å². The molecule has 3 rings (SSSR count). The summed E-state index contributed by atoms with van der Waals surface area (Å²) in [6.45, 7) is 5.27. The van der Waals surface area contributed by atoms with Crippen molar-refractivity contribution >= 4 is 56.2 Å². The van der Waals surface area contributed by atoms with E-state index in [-0.39, 0.29) is 11.0 Å². The SMILES string of the molecule is CCC(=O)NC(=S)Nc1cccc(Cl)c1N1CCN(S(=O)(=O)c2ccc(C)cc2)CC1. The summed E-state index contributed by atoms with van der Waals surface area (Å²) in [4.78, 5) is 13.9. The van der Waals surface area contributed by atoms with Crippen LogP contribution >= 0.6 is 23.8 Å². The number of benzene rings is 2. The van der Waals surface area contributed by atoms with Gasteiger partial charge in [-0.2, -0.15) is 4.31 Å². The predicted octanol–water partition coefficient (Wildman–Crippen LogP) is 3.38. The average molecular weight is 481 g/mol. The number of nitrogens with zero attached hydrogens (tertiary/aromatic N) is 2. The summed E-state index contributed by atoms with van der Waals surface area (Å²) < 4.78 is 27.4. The van der Waals surface area contributed by atoms with Crippen molar-refractivity contribution in [1.82, 2.24) is 9.62 Å². The maximum Gasteiger partial charge on any atom is 0.243 e. The van der Waals surface area contributed by atoms with E-state index in [2.05, 4.69) is 10.6 Å². The molecule has 0 aliphatic carbocycles. The predicted molar refractivity (Wildman–Crippen MR) is 128 cm³/mol. The van der Waals surface area contributed by atoms with Gasteiger partial charge in [0.05, 0.1) is 21.3 Å². The van der Waals surface area contributed by atoms with Gasteiger partial charge in [0.15, 0.2) is 5.11 Å². The third-order valence-electron chi connectivity index (χ3n) is 5.02. The van der Waals surface area contributed by atoms with E-state index in [0.717, 1.165) is 11.3 Å². The Labute approximate surface area is 193 Å². The molecule has 0 aromatic heterocycles. The van der Waals surface area contributed by atoms with Gasteiger partial charge < -0.3 is 15.5 Å². The molecule has 10 heteroatoms. The Morgan fingerprint density at radius 2 is 1.74 bits per heavy atom. The second kappa shape index (κ2) is 9.95. The van der Waals surface area contributed by atoms with Crippen LogP contribution in [0.1, 0.15) is 18.9 Å². The molecule has 166 valence electrons. The smallest absolute Gasteiger partial charge is 0.243 e. The summed E-state index contributed by atoms with van der Waals surface area (Å²) in [5, 5.41) is 6.35. The first-order chi connectivity index (χ1) is 14.7. The lowest BCUT2D eigenvalue weighted by Gasteiger charge is -2.36. The highest BCUT2D eigenvalue weighted by Gasteiger charge is 2.30. The van der Waals surface area contributed by atoms with Crippen LogP contribution in [0.4, 0.5) is 11.4 Å². The molecule has 0 spiro atoms. The Morgan fingerprint density at radius 3 is 2.35 bits per heavy atom. The molecular formula is C21H25ClN4O3S2. The second-order valence-electron chi connectivity index (χ2n) is 7.20. The van der Waals surface area contributed by atoms with Crippen molar-refractivity contribution in [1.29, 1.82) is 0 Å². The Bertz CT molecular complexity index is 1070. The molecule has 31 heavy (non-hydrogen) atoms. The number of sulfonamides is 1. The van der Waals surface area contributed by atoms with Crippen molar-refractivity contribution in [2.45, 2.75) is 25.2 Å². The molecule has 0 atom stereocenters.